The highest BCUT2D eigenvalue weighted by atomic mass is 16.5. The van der Waals surface area contributed by atoms with E-state index in [9.17, 15) is 0 Å². The summed E-state index contributed by atoms with van der Waals surface area (Å²) in [4.78, 5) is 0. The van der Waals surface area contributed by atoms with Crippen LogP contribution in [-0.2, 0) is 4.74 Å². The van der Waals surface area contributed by atoms with Crippen molar-refractivity contribution in [1.29, 1.82) is 0 Å². The Morgan fingerprint density at radius 2 is 1.92 bits per heavy atom. The smallest absolute Gasteiger partial charge is 0.0667 e. The molecule has 0 aliphatic rings. The highest BCUT2D eigenvalue weighted by Crippen LogP contribution is 2.01. The highest BCUT2D eigenvalue weighted by Gasteiger charge is 2.06. The van der Waals surface area contributed by atoms with Crippen LogP contribution >= 0.6 is 0 Å². The molecule has 80 valence electrons. The summed E-state index contributed by atoms with van der Waals surface area (Å²) in [5, 5.41) is 3.32. The molecule has 0 spiro atoms. The zero-order chi connectivity index (χ0) is 10.3. The van der Waals surface area contributed by atoms with E-state index < -0.39 is 0 Å². The summed E-state index contributed by atoms with van der Waals surface area (Å²) in [7, 11) is 1.73. The molecule has 2 atom stereocenters. The third-order valence-corrected chi connectivity index (χ3v) is 2.34. The summed E-state index contributed by atoms with van der Waals surface area (Å²) in [6.07, 6.45) is 1.32. The third-order valence-electron chi connectivity index (χ3n) is 2.34. The van der Waals surface area contributed by atoms with Crippen molar-refractivity contribution in [2.45, 2.75) is 39.3 Å². The number of hydrogen-bond acceptors (Lipinski definition) is 3. The zero-order valence-electron chi connectivity index (χ0n) is 9.34. The summed E-state index contributed by atoms with van der Waals surface area (Å²) < 4.78 is 5.11. The molecule has 0 saturated heterocycles. The molecule has 3 nitrogen and oxygen atoms in total. The Bertz CT molecular complexity index is 117. The molecular weight excluding hydrogens is 164 g/mol. The van der Waals surface area contributed by atoms with Crippen molar-refractivity contribution in [3.63, 3.8) is 0 Å². The van der Waals surface area contributed by atoms with E-state index in [2.05, 4.69) is 26.1 Å². The molecule has 0 aromatic rings. The fourth-order valence-corrected chi connectivity index (χ4v) is 0.991. The first-order valence-electron chi connectivity index (χ1n) is 5.07. The van der Waals surface area contributed by atoms with Gasteiger partial charge in [0.15, 0.2) is 0 Å². The largest absolute Gasteiger partial charge is 0.380 e. The second-order valence-electron chi connectivity index (χ2n) is 3.95. The van der Waals surface area contributed by atoms with Gasteiger partial charge in [0.2, 0.25) is 0 Å². The summed E-state index contributed by atoms with van der Waals surface area (Å²) in [5.41, 5.74) is 5.89. The van der Waals surface area contributed by atoms with Crippen molar-refractivity contribution in [3.05, 3.63) is 0 Å². The Kier molecular flexibility index (Phi) is 7.23. The first-order chi connectivity index (χ1) is 6.07. The maximum absolute atomic E-state index is 5.89. The average Bonchev–Trinajstić information content (AvgIpc) is 2.11. The van der Waals surface area contributed by atoms with Gasteiger partial charge in [-0.25, -0.2) is 0 Å². The standard InChI is InChI=1S/C10H24N2O/c1-8(2)10(11)5-6-12-7-9(3)13-4/h8-10,12H,5-7,11H2,1-4H3. The third kappa shape index (κ3) is 6.99. The first-order valence-corrected chi connectivity index (χ1v) is 5.07. The number of methoxy groups -OCH3 is 1. The molecule has 0 radical (unpaired) electrons. The van der Waals surface area contributed by atoms with E-state index in [-0.39, 0.29) is 6.10 Å². The molecule has 0 bridgehead atoms. The molecule has 0 aliphatic carbocycles. The van der Waals surface area contributed by atoms with Crippen LogP contribution in [0.2, 0.25) is 0 Å². The van der Waals surface area contributed by atoms with Crippen LogP contribution in [0.15, 0.2) is 0 Å². The summed E-state index contributed by atoms with van der Waals surface area (Å²) in [5.74, 6) is 0.571. The quantitative estimate of drug-likeness (QED) is 0.586. The van der Waals surface area contributed by atoms with Crippen molar-refractivity contribution in [2.24, 2.45) is 11.7 Å². The van der Waals surface area contributed by atoms with Gasteiger partial charge in [0, 0.05) is 19.7 Å². The van der Waals surface area contributed by atoms with E-state index in [1.54, 1.807) is 7.11 Å². The molecule has 0 heterocycles. The van der Waals surface area contributed by atoms with Crippen LogP contribution in [0.5, 0.6) is 0 Å². The summed E-state index contributed by atoms with van der Waals surface area (Å²) in [6.45, 7) is 8.24. The monoisotopic (exact) mass is 188 g/mol. The summed E-state index contributed by atoms with van der Waals surface area (Å²) >= 11 is 0. The van der Waals surface area contributed by atoms with Crippen LogP contribution in [0.3, 0.4) is 0 Å². The number of ether oxygens (including phenoxy) is 1. The Morgan fingerprint density at radius 1 is 1.31 bits per heavy atom. The fraction of sp³-hybridized carbons (Fsp3) is 1.00. The van der Waals surface area contributed by atoms with Gasteiger partial charge in [0.25, 0.3) is 0 Å². The Balaban J connectivity index is 3.25. The van der Waals surface area contributed by atoms with Crippen molar-refractivity contribution >= 4 is 0 Å². The lowest BCUT2D eigenvalue weighted by Gasteiger charge is -2.16. The van der Waals surface area contributed by atoms with Gasteiger partial charge in [-0.1, -0.05) is 13.8 Å². The summed E-state index contributed by atoms with van der Waals surface area (Å²) in [6, 6.07) is 0.311. The van der Waals surface area contributed by atoms with Crippen molar-refractivity contribution < 1.29 is 4.74 Å². The Hall–Kier alpha value is -0.120. The van der Waals surface area contributed by atoms with Crippen LogP contribution in [0.4, 0.5) is 0 Å². The average molecular weight is 188 g/mol. The molecule has 0 aliphatic heterocycles. The first kappa shape index (κ1) is 12.9. The minimum atomic E-state index is 0.287. The molecule has 0 saturated carbocycles. The van der Waals surface area contributed by atoms with Gasteiger partial charge in [-0.3, -0.25) is 0 Å². The van der Waals surface area contributed by atoms with Crippen LogP contribution in [0.25, 0.3) is 0 Å². The van der Waals surface area contributed by atoms with E-state index in [0.717, 1.165) is 19.5 Å². The second kappa shape index (κ2) is 7.30. The van der Waals surface area contributed by atoms with Crippen molar-refractivity contribution in [3.8, 4) is 0 Å². The molecule has 0 aromatic carbocycles. The molecule has 3 heteroatoms. The van der Waals surface area contributed by atoms with E-state index >= 15 is 0 Å². The molecule has 13 heavy (non-hydrogen) atoms. The van der Waals surface area contributed by atoms with E-state index in [1.807, 2.05) is 0 Å². The van der Waals surface area contributed by atoms with Gasteiger partial charge >= 0.3 is 0 Å². The number of nitrogens with two attached hydrogens (primary N) is 1. The maximum atomic E-state index is 5.89. The van der Waals surface area contributed by atoms with Crippen molar-refractivity contribution in [1.82, 2.24) is 5.32 Å². The molecule has 0 fully saturated rings. The maximum Gasteiger partial charge on any atom is 0.0667 e. The van der Waals surface area contributed by atoms with E-state index in [4.69, 9.17) is 10.5 Å². The van der Waals surface area contributed by atoms with Gasteiger partial charge in [-0.05, 0) is 25.8 Å². The topological polar surface area (TPSA) is 47.3 Å². The van der Waals surface area contributed by atoms with Crippen LogP contribution in [-0.4, -0.2) is 32.3 Å². The zero-order valence-corrected chi connectivity index (χ0v) is 9.34. The van der Waals surface area contributed by atoms with Gasteiger partial charge < -0.3 is 15.8 Å². The fourth-order valence-electron chi connectivity index (χ4n) is 0.991. The molecule has 3 N–H and O–H groups in total. The predicted molar refractivity (Wildman–Crippen MR) is 56.8 cm³/mol. The van der Waals surface area contributed by atoms with Crippen LogP contribution < -0.4 is 11.1 Å². The second-order valence-corrected chi connectivity index (χ2v) is 3.95. The van der Waals surface area contributed by atoms with Crippen molar-refractivity contribution in [2.75, 3.05) is 20.2 Å². The van der Waals surface area contributed by atoms with Gasteiger partial charge in [0.1, 0.15) is 0 Å². The van der Waals surface area contributed by atoms with E-state index in [1.165, 1.54) is 0 Å². The molecular formula is C10H24N2O. The molecule has 0 amide bonds. The molecule has 0 aromatic heterocycles. The van der Waals surface area contributed by atoms with E-state index in [0.29, 0.717) is 12.0 Å². The van der Waals surface area contributed by atoms with Gasteiger partial charge in [0.05, 0.1) is 6.10 Å². The lowest BCUT2D eigenvalue weighted by molar-refractivity contribution is 0.117. The molecule has 0 rings (SSSR count). The minimum Gasteiger partial charge on any atom is -0.380 e. The minimum absolute atomic E-state index is 0.287. The highest BCUT2D eigenvalue weighted by molar-refractivity contribution is 4.67. The number of rotatable bonds is 7. The van der Waals surface area contributed by atoms with Crippen LogP contribution in [0, 0.1) is 5.92 Å². The SMILES string of the molecule is COC(C)CNCCC(N)C(C)C. The lowest BCUT2D eigenvalue weighted by Crippen LogP contribution is -2.33. The Labute approximate surface area is 82.0 Å². The predicted octanol–water partition coefficient (Wildman–Crippen LogP) is 0.984. The number of nitrogens with one attached hydrogen (secondary N) is 1. The normalized spacial score (nSPS) is 16.2. The number of hydrogen-bond donors (Lipinski definition) is 2. The van der Waals surface area contributed by atoms with Gasteiger partial charge in [-0.15, -0.1) is 0 Å². The van der Waals surface area contributed by atoms with Crippen LogP contribution in [0.1, 0.15) is 27.2 Å². The van der Waals surface area contributed by atoms with Gasteiger partial charge in [-0.2, -0.15) is 0 Å². The lowest BCUT2D eigenvalue weighted by atomic mass is 10.0. The Morgan fingerprint density at radius 3 is 2.38 bits per heavy atom. The molecule has 2 unspecified atom stereocenters.